The highest BCUT2D eigenvalue weighted by Gasteiger charge is 2.36. The van der Waals surface area contributed by atoms with Crippen molar-refractivity contribution in [3.05, 3.63) is 0 Å². The molecule has 2 atom stereocenters. The summed E-state index contributed by atoms with van der Waals surface area (Å²) in [6.45, 7) is 6.40. The Morgan fingerprint density at radius 2 is 1.90 bits per heavy atom. The summed E-state index contributed by atoms with van der Waals surface area (Å²) in [6, 6.07) is 0. The van der Waals surface area contributed by atoms with Gasteiger partial charge in [-0.15, -0.1) is 0 Å². The Balaban J connectivity index is 2.37. The van der Waals surface area contributed by atoms with Crippen LogP contribution < -0.4 is 0 Å². The molecule has 7 nitrogen and oxygen atoms in total. The first-order valence-electron chi connectivity index (χ1n) is 6.56. The van der Waals surface area contributed by atoms with Crippen LogP contribution in [0.1, 0.15) is 20.8 Å². The molecule has 1 aliphatic heterocycles. The minimum atomic E-state index is -3.45. The van der Waals surface area contributed by atoms with E-state index in [0.717, 1.165) is 6.26 Å². The fraction of sp³-hybridized carbons (Fsp3) is 0.917. The number of halogens is 1. The molecule has 0 saturated carbocycles. The monoisotopic (exact) mass is 387 g/mol. The molecule has 1 aliphatic rings. The van der Waals surface area contributed by atoms with Crippen molar-refractivity contribution in [3.8, 4) is 0 Å². The van der Waals surface area contributed by atoms with Crippen LogP contribution in [0.15, 0.2) is 0 Å². The van der Waals surface area contributed by atoms with Crippen LogP contribution in [0.3, 0.4) is 0 Å². The number of hydrogen-bond acceptors (Lipinski definition) is 6. The number of ether oxygens (including phenoxy) is 2. The Kier molecular flexibility index (Phi) is 6.45. The predicted octanol–water partition coefficient (Wildman–Crippen LogP) is 1.36. The SMILES string of the molecule is CC(C)(C)OC(=O)N1CC(Br)C(OCCOS(C)(=O)=O)C1. The van der Waals surface area contributed by atoms with Crippen molar-refractivity contribution in [2.24, 2.45) is 0 Å². The number of rotatable bonds is 5. The molecular weight excluding hydrogens is 366 g/mol. The molecule has 0 aromatic rings. The lowest BCUT2D eigenvalue weighted by Crippen LogP contribution is -2.36. The number of alkyl halides is 1. The molecule has 0 bridgehead atoms. The topological polar surface area (TPSA) is 82.1 Å². The Morgan fingerprint density at radius 1 is 1.29 bits per heavy atom. The van der Waals surface area contributed by atoms with Crippen LogP contribution in [-0.2, 0) is 23.8 Å². The highest BCUT2D eigenvalue weighted by atomic mass is 79.9. The molecule has 0 aromatic heterocycles. The maximum absolute atomic E-state index is 11.9. The highest BCUT2D eigenvalue weighted by Crippen LogP contribution is 2.22. The smallest absolute Gasteiger partial charge is 0.410 e. The second-order valence-electron chi connectivity index (χ2n) is 5.84. The Hall–Kier alpha value is -0.380. The van der Waals surface area contributed by atoms with Crippen molar-refractivity contribution >= 4 is 32.1 Å². The molecule has 1 heterocycles. The van der Waals surface area contributed by atoms with Crippen LogP contribution in [0.4, 0.5) is 4.79 Å². The first-order valence-corrected chi connectivity index (χ1v) is 9.29. The fourth-order valence-electron chi connectivity index (χ4n) is 1.75. The van der Waals surface area contributed by atoms with Gasteiger partial charge in [0.1, 0.15) is 5.60 Å². The van der Waals surface area contributed by atoms with E-state index in [1.807, 2.05) is 20.8 Å². The third-order valence-corrected chi connectivity index (χ3v) is 4.04. The minimum Gasteiger partial charge on any atom is -0.444 e. The van der Waals surface area contributed by atoms with E-state index >= 15 is 0 Å². The molecule has 0 aromatic carbocycles. The fourth-order valence-corrected chi connectivity index (χ4v) is 2.79. The van der Waals surface area contributed by atoms with Gasteiger partial charge >= 0.3 is 6.09 Å². The van der Waals surface area contributed by atoms with Crippen LogP contribution in [-0.4, -0.2) is 68.5 Å². The Morgan fingerprint density at radius 3 is 2.43 bits per heavy atom. The summed E-state index contributed by atoms with van der Waals surface area (Å²) in [4.78, 5) is 13.5. The Bertz CT molecular complexity index is 461. The standard InChI is InChI=1S/C12H22BrNO6S/c1-12(2,3)20-11(15)14-7-9(13)10(8-14)18-5-6-19-21(4,16)17/h9-10H,5-8H2,1-4H3. The maximum atomic E-state index is 11.9. The van der Waals surface area contributed by atoms with E-state index in [4.69, 9.17) is 9.47 Å². The molecule has 2 unspecified atom stereocenters. The third-order valence-electron chi connectivity index (χ3n) is 2.56. The molecule has 0 N–H and O–H groups in total. The molecule has 1 rings (SSSR count). The molecule has 9 heteroatoms. The molecule has 0 spiro atoms. The predicted molar refractivity (Wildman–Crippen MR) is 81.1 cm³/mol. The number of likely N-dealkylation sites (tertiary alicyclic amines) is 1. The van der Waals surface area contributed by atoms with Gasteiger partial charge in [-0.2, -0.15) is 8.42 Å². The van der Waals surface area contributed by atoms with Crippen molar-refractivity contribution in [2.45, 2.75) is 37.3 Å². The zero-order valence-corrected chi connectivity index (χ0v) is 15.1. The summed E-state index contributed by atoms with van der Waals surface area (Å²) < 4.78 is 37.0. The zero-order chi connectivity index (χ0) is 16.3. The summed E-state index contributed by atoms with van der Waals surface area (Å²) in [5, 5.41) is 0. The molecule has 21 heavy (non-hydrogen) atoms. The molecule has 0 radical (unpaired) electrons. The second-order valence-corrected chi connectivity index (χ2v) is 8.66. The minimum absolute atomic E-state index is 0.0248. The van der Waals surface area contributed by atoms with E-state index in [-0.39, 0.29) is 30.2 Å². The Labute approximate surface area is 134 Å². The number of carbonyl (C=O) groups excluding carboxylic acids is 1. The van der Waals surface area contributed by atoms with Crippen LogP contribution >= 0.6 is 15.9 Å². The van der Waals surface area contributed by atoms with Gasteiger partial charge in [0.15, 0.2) is 0 Å². The largest absolute Gasteiger partial charge is 0.444 e. The number of carbonyl (C=O) groups is 1. The number of amides is 1. The lowest BCUT2D eigenvalue weighted by atomic mass is 10.2. The van der Waals surface area contributed by atoms with Gasteiger partial charge in [0.05, 0.1) is 36.9 Å². The lowest BCUT2D eigenvalue weighted by Gasteiger charge is -2.24. The lowest BCUT2D eigenvalue weighted by molar-refractivity contribution is 0.0181. The summed E-state index contributed by atoms with van der Waals surface area (Å²) >= 11 is 3.45. The van der Waals surface area contributed by atoms with E-state index in [9.17, 15) is 13.2 Å². The van der Waals surface area contributed by atoms with Gasteiger partial charge in [-0.05, 0) is 20.8 Å². The number of nitrogens with zero attached hydrogens (tertiary/aromatic N) is 1. The molecule has 1 amide bonds. The van der Waals surface area contributed by atoms with E-state index < -0.39 is 15.7 Å². The van der Waals surface area contributed by atoms with E-state index in [1.165, 1.54) is 0 Å². The van der Waals surface area contributed by atoms with Crippen molar-refractivity contribution < 1.29 is 26.9 Å². The van der Waals surface area contributed by atoms with Gasteiger partial charge in [-0.1, -0.05) is 15.9 Å². The average molecular weight is 388 g/mol. The van der Waals surface area contributed by atoms with Gasteiger partial charge in [0.25, 0.3) is 10.1 Å². The summed E-state index contributed by atoms with van der Waals surface area (Å²) in [6.07, 6.45) is 0.381. The highest BCUT2D eigenvalue weighted by molar-refractivity contribution is 9.09. The molecule has 0 aliphatic carbocycles. The molecular formula is C12H22BrNO6S. The molecule has 1 saturated heterocycles. The quantitative estimate of drug-likeness (QED) is 0.402. The van der Waals surface area contributed by atoms with Crippen LogP contribution in [0, 0.1) is 0 Å². The van der Waals surface area contributed by atoms with Gasteiger partial charge in [0.2, 0.25) is 0 Å². The summed E-state index contributed by atoms with van der Waals surface area (Å²) in [5.74, 6) is 0. The van der Waals surface area contributed by atoms with E-state index in [0.29, 0.717) is 13.1 Å². The molecule has 124 valence electrons. The average Bonchev–Trinajstić information content (AvgIpc) is 2.63. The first-order chi connectivity index (χ1) is 9.48. The van der Waals surface area contributed by atoms with Gasteiger partial charge < -0.3 is 14.4 Å². The van der Waals surface area contributed by atoms with Crippen LogP contribution in [0.25, 0.3) is 0 Å². The van der Waals surface area contributed by atoms with Crippen molar-refractivity contribution in [2.75, 3.05) is 32.6 Å². The van der Waals surface area contributed by atoms with Gasteiger partial charge in [-0.25, -0.2) is 4.79 Å². The normalized spacial score (nSPS) is 23.4. The van der Waals surface area contributed by atoms with Crippen molar-refractivity contribution in [3.63, 3.8) is 0 Å². The van der Waals surface area contributed by atoms with Crippen LogP contribution in [0.5, 0.6) is 0 Å². The van der Waals surface area contributed by atoms with Crippen molar-refractivity contribution in [1.29, 1.82) is 0 Å². The summed E-state index contributed by atoms with van der Waals surface area (Å²) in [7, 11) is -3.45. The molecule has 1 fully saturated rings. The second kappa shape index (κ2) is 7.26. The maximum Gasteiger partial charge on any atom is 0.410 e. The summed E-state index contributed by atoms with van der Waals surface area (Å²) in [5.41, 5.74) is -0.541. The van der Waals surface area contributed by atoms with E-state index in [1.54, 1.807) is 4.90 Å². The van der Waals surface area contributed by atoms with Crippen molar-refractivity contribution in [1.82, 2.24) is 4.90 Å². The number of hydrogen-bond donors (Lipinski definition) is 0. The third kappa shape index (κ3) is 7.44. The van der Waals surface area contributed by atoms with Gasteiger partial charge in [-0.3, -0.25) is 4.18 Å². The van der Waals surface area contributed by atoms with E-state index in [2.05, 4.69) is 20.1 Å². The zero-order valence-electron chi connectivity index (χ0n) is 12.7. The first kappa shape index (κ1) is 18.7. The van der Waals surface area contributed by atoms with Crippen LogP contribution in [0.2, 0.25) is 0 Å². The van der Waals surface area contributed by atoms with Gasteiger partial charge in [0, 0.05) is 6.54 Å².